The third-order valence-corrected chi connectivity index (χ3v) is 3.12. The highest BCUT2D eigenvalue weighted by Crippen LogP contribution is 2.25. The first-order valence-corrected chi connectivity index (χ1v) is 6.50. The zero-order chi connectivity index (χ0) is 13.7. The molecule has 0 spiro atoms. The fourth-order valence-electron chi connectivity index (χ4n) is 1.85. The number of aldehydes is 1. The molecule has 2 aromatic rings. The van der Waals surface area contributed by atoms with Crippen molar-refractivity contribution in [2.24, 2.45) is 0 Å². The van der Waals surface area contributed by atoms with Gasteiger partial charge in [-0.25, -0.2) is 0 Å². The fourth-order valence-corrected chi connectivity index (χ4v) is 2.10. The summed E-state index contributed by atoms with van der Waals surface area (Å²) in [5, 5.41) is 0.467. The lowest BCUT2D eigenvalue weighted by molar-refractivity contribution is 0.112. The fraction of sp³-hybridized carbons (Fsp3) is 0.188. The number of hydrogen-bond acceptors (Lipinski definition) is 2. The van der Waals surface area contributed by atoms with Gasteiger partial charge in [-0.3, -0.25) is 4.79 Å². The molecule has 2 aromatic carbocycles. The average Bonchev–Trinajstić information content (AvgIpc) is 2.40. The monoisotopic (exact) mass is 274 g/mol. The van der Waals surface area contributed by atoms with Gasteiger partial charge in [-0.05, 0) is 30.7 Å². The first-order chi connectivity index (χ1) is 9.19. The second-order valence-corrected chi connectivity index (χ2v) is 4.80. The highest BCUT2D eigenvalue weighted by atomic mass is 35.5. The lowest BCUT2D eigenvalue weighted by atomic mass is 10.1. The maximum atomic E-state index is 10.6. The number of benzene rings is 2. The molecule has 0 bridgehead atoms. The van der Waals surface area contributed by atoms with E-state index in [0.717, 1.165) is 12.7 Å². The Bertz CT molecular complexity index is 579. The van der Waals surface area contributed by atoms with Crippen LogP contribution in [-0.4, -0.2) is 12.9 Å². The van der Waals surface area contributed by atoms with Crippen LogP contribution in [0.5, 0.6) is 5.75 Å². The van der Waals surface area contributed by atoms with Crippen molar-refractivity contribution in [1.29, 1.82) is 0 Å². The molecule has 19 heavy (non-hydrogen) atoms. The normalized spacial score (nSPS) is 10.2. The van der Waals surface area contributed by atoms with Crippen LogP contribution in [0.1, 0.15) is 21.5 Å². The number of carbonyl (C=O) groups excluding carboxylic acids is 1. The van der Waals surface area contributed by atoms with Gasteiger partial charge in [0.05, 0.1) is 11.6 Å². The molecular weight excluding hydrogens is 260 g/mol. The molecule has 0 aliphatic heterocycles. The number of halogens is 1. The maximum absolute atomic E-state index is 10.6. The van der Waals surface area contributed by atoms with Gasteiger partial charge in [0.2, 0.25) is 0 Å². The molecule has 2 rings (SSSR count). The topological polar surface area (TPSA) is 26.3 Å². The molecule has 2 nitrogen and oxygen atoms in total. The lowest BCUT2D eigenvalue weighted by Gasteiger charge is -2.08. The van der Waals surface area contributed by atoms with Crippen molar-refractivity contribution < 1.29 is 9.53 Å². The Labute approximate surface area is 118 Å². The summed E-state index contributed by atoms with van der Waals surface area (Å²) in [6.45, 7) is 2.63. The van der Waals surface area contributed by atoms with Crippen LogP contribution < -0.4 is 4.74 Å². The van der Waals surface area contributed by atoms with Gasteiger partial charge >= 0.3 is 0 Å². The van der Waals surface area contributed by atoms with Gasteiger partial charge in [0.1, 0.15) is 12.0 Å². The zero-order valence-electron chi connectivity index (χ0n) is 10.7. The minimum atomic E-state index is 0.467. The van der Waals surface area contributed by atoms with Crippen LogP contribution >= 0.6 is 11.6 Å². The molecule has 0 atom stereocenters. The van der Waals surface area contributed by atoms with E-state index in [4.69, 9.17) is 16.3 Å². The van der Waals surface area contributed by atoms with Crippen molar-refractivity contribution in [3.05, 3.63) is 64.2 Å². The first kappa shape index (κ1) is 13.6. The summed E-state index contributed by atoms with van der Waals surface area (Å²) in [7, 11) is 0. The molecule has 3 heteroatoms. The van der Waals surface area contributed by atoms with Crippen LogP contribution in [0.4, 0.5) is 0 Å². The third-order valence-electron chi connectivity index (χ3n) is 2.82. The van der Waals surface area contributed by atoms with E-state index in [1.54, 1.807) is 18.2 Å². The van der Waals surface area contributed by atoms with Crippen LogP contribution in [0.15, 0.2) is 42.5 Å². The highest BCUT2D eigenvalue weighted by molar-refractivity contribution is 6.32. The third kappa shape index (κ3) is 3.83. The molecule has 0 aliphatic rings. The molecule has 0 unspecified atom stereocenters. The predicted octanol–water partition coefficient (Wildman–Crippen LogP) is 4.08. The van der Waals surface area contributed by atoms with Gasteiger partial charge in [-0.1, -0.05) is 41.4 Å². The van der Waals surface area contributed by atoms with Gasteiger partial charge < -0.3 is 4.74 Å². The van der Waals surface area contributed by atoms with Gasteiger partial charge in [0, 0.05) is 12.0 Å². The number of hydrogen-bond donors (Lipinski definition) is 0. The van der Waals surface area contributed by atoms with Crippen molar-refractivity contribution in [2.75, 3.05) is 6.61 Å². The van der Waals surface area contributed by atoms with E-state index < -0.39 is 0 Å². The van der Waals surface area contributed by atoms with Gasteiger partial charge in [-0.2, -0.15) is 0 Å². The minimum Gasteiger partial charge on any atom is -0.492 e. The van der Waals surface area contributed by atoms with Crippen LogP contribution in [0.3, 0.4) is 0 Å². The van der Waals surface area contributed by atoms with E-state index in [1.165, 1.54) is 11.1 Å². The molecule has 0 aliphatic carbocycles. The molecule has 0 aromatic heterocycles. The second kappa shape index (κ2) is 6.39. The maximum Gasteiger partial charge on any atom is 0.150 e. The van der Waals surface area contributed by atoms with Gasteiger partial charge in [0.15, 0.2) is 0 Å². The van der Waals surface area contributed by atoms with Crippen molar-refractivity contribution in [2.45, 2.75) is 13.3 Å². The van der Waals surface area contributed by atoms with E-state index in [0.29, 0.717) is 22.9 Å². The van der Waals surface area contributed by atoms with Crippen LogP contribution in [0.2, 0.25) is 5.02 Å². The van der Waals surface area contributed by atoms with Crippen molar-refractivity contribution in [3.8, 4) is 5.75 Å². The van der Waals surface area contributed by atoms with Gasteiger partial charge in [0.25, 0.3) is 0 Å². The Hall–Kier alpha value is -1.80. The van der Waals surface area contributed by atoms with Crippen LogP contribution in [0.25, 0.3) is 0 Å². The summed E-state index contributed by atoms with van der Waals surface area (Å²) in [4.78, 5) is 10.6. The Morgan fingerprint density at radius 2 is 2.05 bits per heavy atom. The summed E-state index contributed by atoms with van der Waals surface area (Å²) in [6.07, 6.45) is 1.59. The number of rotatable bonds is 5. The quantitative estimate of drug-likeness (QED) is 0.768. The first-order valence-electron chi connectivity index (χ1n) is 6.12. The zero-order valence-corrected chi connectivity index (χ0v) is 11.5. The number of carbonyl (C=O) groups is 1. The number of ether oxygens (including phenoxy) is 1. The minimum absolute atomic E-state index is 0.467. The van der Waals surface area contributed by atoms with Crippen LogP contribution in [-0.2, 0) is 6.42 Å². The summed E-state index contributed by atoms with van der Waals surface area (Å²) in [5.41, 5.74) is 3.03. The molecule has 0 fully saturated rings. The number of aryl methyl sites for hydroxylation is 1. The molecule has 98 valence electrons. The van der Waals surface area contributed by atoms with Crippen molar-refractivity contribution in [1.82, 2.24) is 0 Å². The molecule has 0 radical (unpaired) electrons. The molecule has 0 N–H and O–H groups in total. The molecule has 0 heterocycles. The smallest absolute Gasteiger partial charge is 0.150 e. The Morgan fingerprint density at radius 1 is 1.21 bits per heavy atom. The van der Waals surface area contributed by atoms with Crippen molar-refractivity contribution in [3.63, 3.8) is 0 Å². The highest BCUT2D eigenvalue weighted by Gasteiger charge is 2.03. The summed E-state index contributed by atoms with van der Waals surface area (Å²) >= 11 is 6.03. The van der Waals surface area contributed by atoms with E-state index in [9.17, 15) is 4.79 Å². The van der Waals surface area contributed by atoms with E-state index in [2.05, 4.69) is 25.1 Å². The molecular formula is C16H15ClO2. The Kier molecular flexibility index (Phi) is 4.58. The second-order valence-electron chi connectivity index (χ2n) is 4.40. The largest absolute Gasteiger partial charge is 0.492 e. The van der Waals surface area contributed by atoms with E-state index in [-0.39, 0.29) is 0 Å². The SMILES string of the molecule is Cc1cccc(CCOc2ccc(C=O)cc2Cl)c1. The van der Waals surface area contributed by atoms with Crippen molar-refractivity contribution >= 4 is 17.9 Å². The summed E-state index contributed by atoms with van der Waals surface area (Å²) in [5.74, 6) is 0.611. The summed E-state index contributed by atoms with van der Waals surface area (Å²) in [6, 6.07) is 13.4. The predicted molar refractivity (Wildman–Crippen MR) is 77.2 cm³/mol. The van der Waals surface area contributed by atoms with Gasteiger partial charge in [-0.15, -0.1) is 0 Å². The van der Waals surface area contributed by atoms with E-state index >= 15 is 0 Å². The molecule has 0 saturated carbocycles. The summed E-state index contributed by atoms with van der Waals surface area (Å²) < 4.78 is 5.63. The molecule has 0 saturated heterocycles. The standard InChI is InChI=1S/C16H15ClO2/c1-12-3-2-4-13(9-12)7-8-19-16-6-5-14(11-18)10-15(16)17/h2-6,9-11H,7-8H2,1H3. The average molecular weight is 275 g/mol. The van der Waals surface area contributed by atoms with Crippen LogP contribution in [0, 0.1) is 6.92 Å². The molecule has 0 amide bonds. The Morgan fingerprint density at radius 3 is 2.74 bits per heavy atom. The van der Waals surface area contributed by atoms with E-state index in [1.807, 2.05) is 6.07 Å². The lowest BCUT2D eigenvalue weighted by Crippen LogP contribution is -2.02. The Balaban J connectivity index is 1.94.